The van der Waals surface area contributed by atoms with Crippen molar-refractivity contribution in [1.29, 1.82) is 0 Å². The third kappa shape index (κ3) is 5.22. The molecule has 1 fully saturated rings. The zero-order valence-electron chi connectivity index (χ0n) is 19.8. The summed E-state index contributed by atoms with van der Waals surface area (Å²) >= 11 is 0. The molecule has 6 nitrogen and oxygen atoms in total. The van der Waals surface area contributed by atoms with Crippen LogP contribution in [0.4, 0.5) is 10.5 Å². The van der Waals surface area contributed by atoms with Crippen LogP contribution in [0.15, 0.2) is 84.9 Å². The lowest BCUT2D eigenvalue weighted by atomic mass is 9.77. The SMILES string of the molecule is C[C@H](NC(=O)OCc1ccccc1)[C@@H]1C(=O)N(Cc2ccccc2)[C@H]1c1ccc(N(C)C)cc1. The van der Waals surface area contributed by atoms with Crippen molar-refractivity contribution in [3.8, 4) is 0 Å². The van der Waals surface area contributed by atoms with E-state index in [1.807, 2.05) is 91.5 Å². The van der Waals surface area contributed by atoms with Gasteiger partial charge in [-0.05, 0) is 35.7 Å². The predicted molar refractivity (Wildman–Crippen MR) is 133 cm³/mol. The molecule has 0 aliphatic carbocycles. The first-order valence-electron chi connectivity index (χ1n) is 11.5. The molecule has 0 saturated carbocycles. The molecule has 1 heterocycles. The highest BCUT2D eigenvalue weighted by Crippen LogP contribution is 2.43. The first-order valence-corrected chi connectivity index (χ1v) is 11.5. The average Bonchev–Trinajstić information content (AvgIpc) is 2.85. The Hall–Kier alpha value is -3.80. The summed E-state index contributed by atoms with van der Waals surface area (Å²) in [5, 5.41) is 2.88. The number of alkyl carbamates (subject to hydrolysis) is 1. The number of benzene rings is 3. The summed E-state index contributed by atoms with van der Waals surface area (Å²) in [4.78, 5) is 29.6. The molecule has 4 rings (SSSR count). The number of carbonyl (C=O) groups excluding carboxylic acids is 2. The van der Waals surface area contributed by atoms with Crippen LogP contribution >= 0.6 is 0 Å². The van der Waals surface area contributed by atoms with Gasteiger partial charge in [0, 0.05) is 32.4 Å². The maximum Gasteiger partial charge on any atom is 0.407 e. The smallest absolute Gasteiger partial charge is 0.407 e. The van der Waals surface area contributed by atoms with Crippen LogP contribution in [0.5, 0.6) is 0 Å². The largest absolute Gasteiger partial charge is 0.445 e. The standard InChI is InChI=1S/C28H31N3O3/c1-20(29-28(33)34-19-22-12-8-5-9-13-22)25-26(23-14-16-24(17-15-23)30(2)3)31(27(25)32)18-21-10-6-4-7-11-21/h4-17,20,25-26H,18-19H2,1-3H3,(H,29,33)/t20-,25-,26-/m0/s1. The van der Waals surface area contributed by atoms with E-state index in [1.165, 1.54) is 0 Å². The fraction of sp³-hybridized carbons (Fsp3) is 0.286. The topological polar surface area (TPSA) is 61.9 Å². The Morgan fingerprint density at radius 1 is 0.941 bits per heavy atom. The van der Waals surface area contributed by atoms with Gasteiger partial charge in [-0.1, -0.05) is 72.8 Å². The van der Waals surface area contributed by atoms with E-state index in [1.54, 1.807) is 0 Å². The van der Waals surface area contributed by atoms with E-state index in [4.69, 9.17) is 4.74 Å². The van der Waals surface area contributed by atoms with Gasteiger partial charge in [0.1, 0.15) is 6.61 Å². The number of hydrogen-bond acceptors (Lipinski definition) is 4. The molecular weight excluding hydrogens is 426 g/mol. The predicted octanol–water partition coefficient (Wildman–Crippen LogP) is 4.77. The van der Waals surface area contributed by atoms with Gasteiger partial charge in [0.15, 0.2) is 0 Å². The van der Waals surface area contributed by atoms with Gasteiger partial charge in [-0.3, -0.25) is 4.79 Å². The molecule has 6 heteroatoms. The lowest BCUT2D eigenvalue weighted by molar-refractivity contribution is -0.160. The first kappa shape index (κ1) is 23.4. The Bertz CT molecular complexity index is 1100. The molecule has 0 bridgehead atoms. The maximum atomic E-state index is 13.3. The molecule has 34 heavy (non-hydrogen) atoms. The minimum Gasteiger partial charge on any atom is -0.445 e. The number of hydrogen-bond donors (Lipinski definition) is 1. The molecular formula is C28H31N3O3. The molecule has 3 aromatic rings. The molecule has 1 aliphatic rings. The van der Waals surface area contributed by atoms with Crippen LogP contribution in [0.2, 0.25) is 0 Å². The summed E-state index contributed by atoms with van der Waals surface area (Å²) in [7, 11) is 4.00. The van der Waals surface area contributed by atoms with Crippen LogP contribution in [0, 0.1) is 5.92 Å². The van der Waals surface area contributed by atoms with Gasteiger partial charge in [-0.25, -0.2) is 4.79 Å². The molecule has 0 unspecified atom stereocenters. The summed E-state index contributed by atoms with van der Waals surface area (Å²) in [5.41, 5.74) is 4.14. The van der Waals surface area contributed by atoms with Crippen molar-refractivity contribution < 1.29 is 14.3 Å². The minimum absolute atomic E-state index is 0.0291. The summed E-state index contributed by atoms with van der Waals surface area (Å²) in [6.07, 6.45) is -0.521. The van der Waals surface area contributed by atoms with Gasteiger partial charge >= 0.3 is 6.09 Å². The minimum atomic E-state index is -0.521. The van der Waals surface area contributed by atoms with E-state index in [0.717, 1.165) is 22.4 Å². The first-order chi connectivity index (χ1) is 16.4. The summed E-state index contributed by atoms with van der Waals surface area (Å²) in [6.45, 7) is 2.59. The number of ether oxygens (including phenoxy) is 1. The molecule has 1 N–H and O–H groups in total. The number of rotatable bonds is 8. The number of likely N-dealkylation sites (tertiary alicyclic amines) is 1. The van der Waals surface area contributed by atoms with Crippen LogP contribution < -0.4 is 10.2 Å². The van der Waals surface area contributed by atoms with Crippen molar-refractivity contribution in [2.45, 2.75) is 32.2 Å². The number of β-lactam (4-membered cyclic amide) rings is 1. The fourth-order valence-electron chi connectivity index (χ4n) is 4.42. The van der Waals surface area contributed by atoms with Gasteiger partial charge in [-0.2, -0.15) is 0 Å². The van der Waals surface area contributed by atoms with Gasteiger partial charge in [0.2, 0.25) is 5.91 Å². The molecule has 3 atom stereocenters. The van der Waals surface area contributed by atoms with E-state index < -0.39 is 6.09 Å². The second-order valence-corrected chi connectivity index (χ2v) is 8.90. The monoisotopic (exact) mass is 457 g/mol. The van der Waals surface area contributed by atoms with E-state index >= 15 is 0 Å². The average molecular weight is 458 g/mol. The number of anilines is 1. The molecule has 0 spiro atoms. The van der Waals surface area contributed by atoms with Gasteiger partial charge in [0.25, 0.3) is 0 Å². The highest BCUT2D eigenvalue weighted by Gasteiger charge is 2.50. The van der Waals surface area contributed by atoms with E-state index in [0.29, 0.717) is 6.54 Å². The van der Waals surface area contributed by atoms with Crippen LogP contribution in [-0.4, -0.2) is 37.0 Å². The molecule has 0 radical (unpaired) electrons. The molecule has 1 saturated heterocycles. The quantitative estimate of drug-likeness (QED) is 0.495. The van der Waals surface area contributed by atoms with Gasteiger partial charge in [0.05, 0.1) is 12.0 Å². The highest BCUT2D eigenvalue weighted by atomic mass is 16.5. The Labute approximate surface area is 201 Å². The van der Waals surface area contributed by atoms with Crippen molar-refractivity contribution in [3.63, 3.8) is 0 Å². The Kier molecular flexibility index (Phi) is 7.16. The number of amides is 2. The fourth-order valence-corrected chi connectivity index (χ4v) is 4.42. The zero-order chi connectivity index (χ0) is 24.1. The summed E-state index contributed by atoms with van der Waals surface area (Å²) in [6, 6.07) is 27.2. The maximum absolute atomic E-state index is 13.3. The number of nitrogens with one attached hydrogen (secondary N) is 1. The lowest BCUT2D eigenvalue weighted by Gasteiger charge is -2.50. The van der Waals surface area contributed by atoms with Gasteiger partial charge in [-0.15, -0.1) is 0 Å². The van der Waals surface area contributed by atoms with Crippen molar-refractivity contribution in [2.24, 2.45) is 5.92 Å². The van der Waals surface area contributed by atoms with Crippen molar-refractivity contribution in [3.05, 3.63) is 102 Å². The van der Waals surface area contributed by atoms with Gasteiger partial charge < -0.3 is 19.9 Å². The van der Waals surface area contributed by atoms with E-state index in [2.05, 4.69) is 29.6 Å². The van der Waals surface area contributed by atoms with Crippen LogP contribution in [-0.2, 0) is 22.7 Å². The number of nitrogens with zero attached hydrogens (tertiary/aromatic N) is 2. The van der Waals surface area contributed by atoms with Crippen LogP contribution in [0.25, 0.3) is 0 Å². The van der Waals surface area contributed by atoms with Crippen LogP contribution in [0.1, 0.15) is 29.7 Å². The zero-order valence-corrected chi connectivity index (χ0v) is 19.8. The molecule has 2 amide bonds. The molecule has 3 aromatic carbocycles. The summed E-state index contributed by atoms with van der Waals surface area (Å²) < 4.78 is 5.38. The molecule has 176 valence electrons. The van der Waals surface area contributed by atoms with Crippen LogP contribution in [0.3, 0.4) is 0 Å². The van der Waals surface area contributed by atoms with E-state index in [-0.39, 0.29) is 30.5 Å². The third-order valence-electron chi connectivity index (χ3n) is 6.29. The van der Waals surface area contributed by atoms with Crippen molar-refractivity contribution in [2.75, 3.05) is 19.0 Å². The van der Waals surface area contributed by atoms with Crippen molar-refractivity contribution in [1.82, 2.24) is 10.2 Å². The molecule has 1 aliphatic heterocycles. The third-order valence-corrected chi connectivity index (χ3v) is 6.29. The second kappa shape index (κ2) is 10.4. The summed E-state index contributed by atoms with van der Waals surface area (Å²) in [5.74, 6) is -0.334. The Morgan fingerprint density at radius 2 is 1.53 bits per heavy atom. The lowest BCUT2D eigenvalue weighted by Crippen LogP contribution is -2.61. The van der Waals surface area contributed by atoms with E-state index in [9.17, 15) is 9.59 Å². The highest BCUT2D eigenvalue weighted by molar-refractivity contribution is 5.88. The Balaban J connectivity index is 1.48. The second-order valence-electron chi connectivity index (χ2n) is 8.90. The number of carbonyl (C=O) groups is 2. The van der Waals surface area contributed by atoms with Crippen molar-refractivity contribution >= 4 is 17.7 Å². The molecule has 0 aromatic heterocycles. The Morgan fingerprint density at radius 3 is 2.12 bits per heavy atom. The normalized spacial score (nSPS) is 18.1.